The molecule has 0 amide bonds. The highest BCUT2D eigenvalue weighted by molar-refractivity contribution is 6.03. The monoisotopic (exact) mass is 237 g/mol. The summed E-state index contributed by atoms with van der Waals surface area (Å²) in [4.78, 5) is 24.9. The fourth-order valence-corrected chi connectivity index (χ4v) is 1.38. The number of esters is 2. The standard InChI is InChI=1S/C12H15NO4/c1-13(2)8-5-6-9(11(14)16-3)10(7-8)12(15)17-4/h5-7H,1-4H3. The van der Waals surface area contributed by atoms with Gasteiger partial charge in [-0.2, -0.15) is 0 Å². The quantitative estimate of drug-likeness (QED) is 0.742. The maximum absolute atomic E-state index is 11.6. The van der Waals surface area contributed by atoms with Gasteiger partial charge < -0.3 is 14.4 Å². The predicted molar refractivity (Wildman–Crippen MR) is 63.4 cm³/mol. The fourth-order valence-electron chi connectivity index (χ4n) is 1.38. The van der Waals surface area contributed by atoms with Gasteiger partial charge in [0.15, 0.2) is 0 Å². The molecule has 0 saturated heterocycles. The Morgan fingerprint density at radius 2 is 1.53 bits per heavy atom. The molecule has 1 aromatic carbocycles. The number of hydrogen-bond donors (Lipinski definition) is 0. The summed E-state index contributed by atoms with van der Waals surface area (Å²) in [5.74, 6) is -1.12. The molecule has 5 heteroatoms. The first kappa shape index (κ1) is 13.0. The van der Waals surface area contributed by atoms with Gasteiger partial charge in [-0.25, -0.2) is 9.59 Å². The summed E-state index contributed by atoms with van der Waals surface area (Å²) in [6, 6.07) is 4.88. The normalized spacial score (nSPS) is 9.65. The first-order valence-electron chi connectivity index (χ1n) is 4.99. The summed E-state index contributed by atoms with van der Waals surface area (Å²) in [6.07, 6.45) is 0. The molecule has 0 aliphatic rings. The Bertz CT molecular complexity index is 440. The second-order valence-corrected chi connectivity index (χ2v) is 3.61. The van der Waals surface area contributed by atoms with Crippen LogP contribution in [0.2, 0.25) is 0 Å². The third-order valence-corrected chi connectivity index (χ3v) is 2.33. The zero-order valence-electron chi connectivity index (χ0n) is 10.3. The molecule has 0 heterocycles. The van der Waals surface area contributed by atoms with E-state index in [2.05, 4.69) is 9.47 Å². The molecule has 0 aliphatic heterocycles. The third-order valence-electron chi connectivity index (χ3n) is 2.33. The van der Waals surface area contributed by atoms with Gasteiger partial charge in [0.1, 0.15) is 0 Å². The van der Waals surface area contributed by atoms with Crippen molar-refractivity contribution in [1.82, 2.24) is 0 Å². The molecule has 1 aromatic rings. The molecule has 0 fully saturated rings. The van der Waals surface area contributed by atoms with Gasteiger partial charge in [0.2, 0.25) is 0 Å². The van der Waals surface area contributed by atoms with Gasteiger partial charge in [0, 0.05) is 19.8 Å². The van der Waals surface area contributed by atoms with Crippen molar-refractivity contribution < 1.29 is 19.1 Å². The van der Waals surface area contributed by atoms with Crippen molar-refractivity contribution in [1.29, 1.82) is 0 Å². The van der Waals surface area contributed by atoms with E-state index >= 15 is 0 Å². The first-order chi connectivity index (χ1) is 8.01. The molecule has 0 aromatic heterocycles. The topological polar surface area (TPSA) is 55.8 Å². The van der Waals surface area contributed by atoms with Gasteiger partial charge >= 0.3 is 11.9 Å². The van der Waals surface area contributed by atoms with E-state index in [9.17, 15) is 9.59 Å². The number of nitrogens with zero attached hydrogens (tertiary/aromatic N) is 1. The van der Waals surface area contributed by atoms with Crippen LogP contribution in [0.1, 0.15) is 20.7 Å². The smallest absolute Gasteiger partial charge is 0.338 e. The van der Waals surface area contributed by atoms with Crippen LogP contribution in [0.5, 0.6) is 0 Å². The van der Waals surface area contributed by atoms with E-state index in [0.29, 0.717) is 0 Å². The number of benzene rings is 1. The summed E-state index contributed by atoms with van der Waals surface area (Å²) < 4.78 is 9.25. The Balaban J connectivity index is 3.31. The van der Waals surface area contributed by atoms with Gasteiger partial charge in [0.05, 0.1) is 25.3 Å². The Hall–Kier alpha value is -2.04. The van der Waals surface area contributed by atoms with E-state index in [-0.39, 0.29) is 11.1 Å². The van der Waals surface area contributed by atoms with Crippen molar-refractivity contribution in [2.75, 3.05) is 33.2 Å². The molecule has 0 spiro atoms. The van der Waals surface area contributed by atoms with Crippen LogP contribution in [0.15, 0.2) is 18.2 Å². The van der Waals surface area contributed by atoms with Crippen molar-refractivity contribution in [3.63, 3.8) is 0 Å². The minimum absolute atomic E-state index is 0.199. The molecule has 1 rings (SSSR count). The molecule has 17 heavy (non-hydrogen) atoms. The third kappa shape index (κ3) is 2.75. The lowest BCUT2D eigenvalue weighted by atomic mass is 10.1. The number of methoxy groups -OCH3 is 2. The lowest BCUT2D eigenvalue weighted by Gasteiger charge is -2.14. The Morgan fingerprint density at radius 1 is 1.00 bits per heavy atom. The van der Waals surface area contributed by atoms with Crippen LogP contribution in [0.3, 0.4) is 0 Å². The van der Waals surface area contributed by atoms with E-state index in [4.69, 9.17) is 0 Å². The number of hydrogen-bond acceptors (Lipinski definition) is 5. The molecule has 0 radical (unpaired) electrons. The molecule has 0 bridgehead atoms. The molecule has 0 unspecified atom stereocenters. The number of anilines is 1. The lowest BCUT2D eigenvalue weighted by molar-refractivity contribution is 0.0555. The van der Waals surface area contributed by atoms with Crippen LogP contribution in [0.4, 0.5) is 5.69 Å². The SMILES string of the molecule is COC(=O)c1ccc(N(C)C)cc1C(=O)OC. The summed E-state index contributed by atoms with van der Waals surface area (Å²) in [7, 11) is 6.22. The highest BCUT2D eigenvalue weighted by Gasteiger charge is 2.19. The molecular formula is C12H15NO4. The predicted octanol–water partition coefficient (Wildman–Crippen LogP) is 1.33. The lowest BCUT2D eigenvalue weighted by Crippen LogP contribution is -2.15. The van der Waals surface area contributed by atoms with E-state index in [1.54, 1.807) is 18.2 Å². The van der Waals surface area contributed by atoms with Gasteiger partial charge in [-0.3, -0.25) is 0 Å². The first-order valence-corrected chi connectivity index (χ1v) is 4.99. The summed E-state index contributed by atoms with van der Waals surface area (Å²) in [5.41, 5.74) is 1.20. The number of carbonyl (C=O) groups excluding carboxylic acids is 2. The average Bonchev–Trinajstić information content (AvgIpc) is 2.35. The molecule has 5 nitrogen and oxygen atoms in total. The fraction of sp³-hybridized carbons (Fsp3) is 0.333. The Morgan fingerprint density at radius 3 is 2.00 bits per heavy atom. The number of ether oxygens (including phenoxy) is 2. The van der Waals surface area contributed by atoms with E-state index in [0.717, 1.165) is 5.69 Å². The van der Waals surface area contributed by atoms with Crippen LogP contribution >= 0.6 is 0 Å². The zero-order valence-corrected chi connectivity index (χ0v) is 10.3. The number of carbonyl (C=O) groups is 2. The maximum Gasteiger partial charge on any atom is 0.338 e. The molecule has 0 saturated carbocycles. The second-order valence-electron chi connectivity index (χ2n) is 3.61. The summed E-state index contributed by atoms with van der Waals surface area (Å²) in [6.45, 7) is 0. The average molecular weight is 237 g/mol. The van der Waals surface area contributed by atoms with Crippen molar-refractivity contribution in [3.8, 4) is 0 Å². The number of rotatable bonds is 3. The van der Waals surface area contributed by atoms with E-state index in [1.807, 2.05) is 19.0 Å². The highest BCUT2D eigenvalue weighted by atomic mass is 16.5. The van der Waals surface area contributed by atoms with Gasteiger partial charge in [-0.15, -0.1) is 0 Å². The molecule has 0 N–H and O–H groups in total. The van der Waals surface area contributed by atoms with Crippen molar-refractivity contribution >= 4 is 17.6 Å². The second kappa shape index (κ2) is 5.34. The van der Waals surface area contributed by atoms with Gasteiger partial charge in [0.25, 0.3) is 0 Å². The summed E-state index contributed by atoms with van der Waals surface area (Å²) >= 11 is 0. The van der Waals surface area contributed by atoms with Crippen LogP contribution in [-0.4, -0.2) is 40.3 Å². The van der Waals surface area contributed by atoms with E-state index < -0.39 is 11.9 Å². The highest BCUT2D eigenvalue weighted by Crippen LogP contribution is 2.19. The zero-order chi connectivity index (χ0) is 13.0. The maximum atomic E-state index is 11.6. The van der Waals surface area contributed by atoms with Gasteiger partial charge in [-0.05, 0) is 18.2 Å². The van der Waals surface area contributed by atoms with Crippen LogP contribution in [0, 0.1) is 0 Å². The van der Waals surface area contributed by atoms with Crippen molar-refractivity contribution in [2.24, 2.45) is 0 Å². The largest absolute Gasteiger partial charge is 0.465 e. The molecule has 92 valence electrons. The van der Waals surface area contributed by atoms with E-state index in [1.165, 1.54) is 14.2 Å². The Labute approximate surface area is 99.9 Å². The minimum atomic E-state index is -0.561. The minimum Gasteiger partial charge on any atom is -0.465 e. The van der Waals surface area contributed by atoms with Crippen molar-refractivity contribution in [3.05, 3.63) is 29.3 Å². The molecular weight excluding hydrogens is 222 g/mol. The van der Waals surface area contributed by atoms with Crippen LogP contribution in [0.25, 0.3) is 0 Å². The Kier molecular flexibility index (Phi) is 4.09. The molecule has 0 atom stereocenters. The van der Waals surface area contributed by atoms with Crippen LogP contribution < -0.4 is 4.90 Å². The van der Waals surface area contributed by atoms with Crippen molar-refractivity contribution in [2.45, 2.75) is 0 Å². The molecule has 0 aliphatic carbocycles. The van der Waals surface area contributed by atoms with Crippen LogP contribution in [-0.2, 0) is 9.47 Å². The van der Waals surface area contributed by atoms with Gasteiger partial charge in [-0.1, -0.05) is 0 Å². The summed E-state index contributed by atoms with van der Waals surface area (Å²) in [5, 5.41) is 0.